The van der Waals surface area contributed by atoms with Crippen molar-refractivity contribution in [3.05, 3.63) is 17.0 Å². The number of nitrogens with one attached hydrogen (secondary N) is 2. The third-order valence-electron chi connectivity index (χ3n) is 4.48. The van der Waals surface area contributed by atoms with Crippen LogP contribution in [0, 0.1) is 13.8 Å². The molecule has 142 valence electrons. The van der Waals surface area contributed by atoms with Gasteiger partial charge in [0.2, 0.25) is 11.8 Å². The van der Waals surface area contributed by atoms with E-state index >= 15 is 0 Å². The Morgan fingerprint density at radius 3 is 2.88 bits per heavy atom. The van der Waals surface area contributed by atoms with E-state index in [0.717, 1.165) is 16.2 Å². The maximum absolute atomic E-state index is 12.2. The number of hydrogen-bond donors (Lipinski definition) is 2. The van der Waals surface area contributed by atoms with Crippen molar-refractivity contribution < 1.29 is 28.4 Å². The van der Waals surface area contributed by atoms with Gasteiger partial charge in [-0.2, -0.15) is 0 Å². The van der Waals surface area contributed by atoms with Crippen LogP contribution in [0.4, 0.5) is 4.79 Å². The molecule has 10 nitrogen and oxygen atoms in total. The fourth-order valence-corrected chi connectivity index (χ4v) is 2.98. The highest BCUT2D eigenvalue weighted by Gasteiger charge is 2.32. The number of amides is 4. The van der Waals surface area contributed by atoms with Gasteiger partial charge >= 0.3 is 6.03 Å². The van der Waals surface area contributed by atoms with Crippen molar-refractivity contribution in [2.75, 3.05) is 26.3 Å². The highest BCUT2D eigenvalue weighted by Crippen LogP contribution is 2.18. The molecule has 0 unspecified atom stereocenters. The van der Waals surface area contributed by atoms with Gasteiger partial charge in [0, 0.05) is 12.2 Å². The average Bonchev–Trinajstić information content (AvgIpc) is 3.08. The normalized spacial score (nSPS) is 23.2. The second kappa shape index (κ2) is 7.83. The average molecular weight is 366 g/mol. The number of hydrogen-bond acceptors (Lipinski definition) is 7. The Morgan fingerprint density at radius 2 is 2.23 bits per heavy atom. The molecule has 1 aromatic rings. The summed E-state index contributed by atoms with van der Waals surface area (Å²) in [6, 6.07) is -0.790. The zero-order valence-corrected chi connectivity index (χ0v) is 14.7. The molecule has 26 heavy (non-hydrogen) atoms. The third-order valence-corrected chi connectivity index (χ3v) is 4.48. The lowest BCUT2D eigenvalue weighted by Crippen LogP contribution is -2.52. The van der Waals surface area contributed by atoms with Gasteiger partial charge in [0.25, 0.3) is 0 Å². The predicted molar refractivity (Wildman–Crippen MR) is 87.0 cm³/mol. The summed E-state index contributed by atoms with van der Waals surface area (Å²) in [5.74, 6) is -0.0493. The number of nitrogens with zero attached hydrogens (tertiary/aromatic N) is 2. The topological polar surface area (TPSA) is 123 Å². The summed E-state index contributed by atoms with van der Waals surface area (Å²) in [7, 11) is 0. The van der Waals surface area contributed by atoms with Crippen molar-refractivity contribution >= 4 is 17.8 Å². The van der Waals surface area contributed by atoms with Crippen molar-refractivity contribution in [2.24, 2.45) is 0 Å². The van der Waals surface area contributed by atoms with Crippen LogP contribution < -0.4 is 10.6 Å². The quantitative estimate of drug-likeness (QED) is 0.659. The monoisotopic (exact) mass is 366 g/mol. The number of carbonyl (C=O) groups excluding carboxylic acids is 3. The highest BCUT2D eigenvalue weighted by molar-refractivity contribution is 6.03. The van der Waals surface area contributed by atoms with Gasteiger partial charge < -0.3 is 24.2 Å². The predicted octanol–water partition coefficient (Wildman–Crippen LogP) is -0.366. The summed E-state index contributed by atoms with van der Waals surface area (Å²) in [5.41, 5.74) is 1.65. The smallest absolute Gasteiger partial charge is 0.325 e. The first kappa shape index (κ1) is 18.3. The van der Waals surface area contributed by atoms with Crippen LogP contribution in [0.1, 0.15) is 23.4 Å². The number of aryl methyl sites for hydroxylation is 2. The molecule has 0 aromatic carbocycles. The Kier molecular flexibility index (Phi) is 5.52. The first-order chi connectivity index (χ1) is 12.4. The summed E-state index contributed by atoms with van der Waals surface area (Å²) in [6.45, 7) is 4.56. The van der Waals surface area contributed by atoms with Crippen LogP contribution in [-0.2, 0) is 25.7 Å². The van der Waals surface area contributed by atoms with E-state index in [9.17, 15) is 14.4 Å². The van der Waals surface area contributed by atoms with Crippen molar-refractivity contribution in [1.82, 2.24) is 20.7 Å². The molecule has 3 heterocycles. The maximum atomic E-state index is 12.2. The van der Waals surface area contributed by atoms with Gasteiger partial charge in [-0.3, -0.25) is 14.9 Å². The van der Waals surface area contributed by atoms with Gasteiger partial charge in [-0.25, -0.2) is 4.79 Å². The molecule has 4 amide bonds. The van der Waals surface area contributed by atoms with Gasteiger partial charge in [-0.15, -0.1) is 0 Å². The van der Waals surface area contributed by atoms with Crippen molar-refractivity contribution in [2.45, 2.75) is 39.0 Å². The molecule has 1 aromatic heterocycles. The number of rotatable bonds is 6. The molecule has 0 aliphatic carbocycles. The Hall–Kier alpha value is -2.46. The molecule has 0 bridgehead atoms. The Balaban J connectivity index is 1.54. The fourth-order valence-electron chi connectivity index (χ4n) is 2.98. The number of carbonyl (C=O) groups is 3. The zero-order chi connectivity index (χ0) is 18.7. The van der Waals surface area contributed by atoms with Crippen LogP contribution >= 0.6 is 0 Å². The molecule has 10 heteroatoms. The molecule has 2 aliphatic heterocycles. The summed E-state index contributed by atoms with van der Waals surface area (Å²) >= 11 is 0. The summed E-state index contributed by atoms with van der Waals surface area (Å²) in [5, 5.41) is 8.91. The largest absolute Gasteiger partial charge is 0.379 e. The molecule has 2 aliphatic rings. The second-order valence-corrected chi connectivity index (χ2v) is 6.40. The molecule has 3 rings (SSSR count). The molecule has 2 N–H and O–H groups in total. The minimum absolute atomic E-state index is 0.105. The van der Waals surface area contributed by atoms with Gasteiger partial charge in [-0.05, 0) is 20.3 Å². The van der Waals surface area contributed by atoms with E-state index < -0.39 is 11.9 Å². The van der Waals surface area contributed by atoms with Crippen LogP contribution in [0.2, 0.25) is 0 Å². The van der Waals surface area contributed by atoms with Gasteiger partial charge in [0.1, 0.15) is 25.0 Å². The van der Waals surface area contributed by atoms with E-state index in [4.69, 9.17) is 14.0 Å². The highest BCUT2D eigenvalue weighted by atomic mass is 16.5. The SMILES string of the molecule is Cc1noc(C)c1CO[C@@H]1COCC[C@H]1NC(=O)CN1CC(=O)NC1=O. The van der Waals surface area contributed by atoms with Crippen molar-refractivity contribution in [3.8, 4) is 0 Å². The van der Waals surface area contributed by atoms with Gasteiger partial charge in [-0.1, -0.05) is 5.16 Å². The van der Waals surface area contributed by atoms with Crippen LogP contribution in [-0.4, -0.2) is 66.4 Å². The Bertz CT molecular complexity index is 683. The first-order valence-electron chi connectivity index (χ1n) is 8.43. The van der Waals surface area contributed by atoms with Crippen molar-refractivity contribution in [1.29, 1.82) is 0 Å². The molecule has 0 saturated carbocycles. The third kappa shape index (κ3) is 4.20. The number of imide groups is 1. The maximum Gasteiger partial charge on any atom is 0.325 e. The van der Waals surface area contributed by atoms with Gasteiger partial charge in [0.05, 0.1) is 24.9 Å². The van der Waals surface area contributed by atoms with Crippen LogP contribution in [0.5, 0.6) is 0 Å². The fraction of sp³-hybridized carbons (Fsp3) is 0.625. The van der Waals surface area contributed by atoms with E-state index in [2.05, 4.69) is 15.8 Å². The number of aromatic nitrogens is 1. The minimum atomic E-state index is -0.552. The molecule has 0 spiro atoms. The van der Waals surface area contributed by atoms with Crippen LogP contribution in [0.15, 0.2) is 4.52 Å². The molecule has 2 saturated heterocycles. The molecular formula is C16H22N4O6. The Labute approximate surface area is 150 Å². The minimum Gasteiger partial charge on any atom is -0.379 e. The lowest BCUT2D eigenvalue weighted by Gasteiger charge is -2.32. The van der Waals surface area contributed by atoms with E-state index in [1.54, 1.807) is 0 Å². The second-order valence-electron chi connectivity index (χ2n) is 6.40. The Morgan fingerprint density at radius 1 is 1.42 bits per heavy atom. The van der Waals surface area contributed by atoms with E-state index in [1.165, 1.54) is 0 Å². The molecular weight excluding hydrogens is 344 g/mol. The lowest BCUT2D eigenvalue weighted by atomic mass is 10.1. The molecule has 0 radical (unpaired) electrons. The summed E-state index contributed by atoms with van der Waals surface area (Å²) in [6.07, 6.45) is 0.277. The van der Waals surface area contributed by atoms with Crippen molar-refractivity contribution in [3.63, 3.8) is 0 Å². The first-order valence-corrected chi connectivity index (χ1v) is 8.43. The molecule has 2 atom stereocenters. The standard InChI is InChI=1S/C16H22N4O6/c1-9-11(10(2)26-19-9)7-25-13-8-24-4-3-12(13)17-14(21)5-20-6-15(22)18-16(20)23/h12-13H,3-8H2,1-2H3,(H,17,21)(H,18,22,23)/t12-,13-/m1/s1. The number of ether oxygens (including phenoxy) is 2. The van der Waals surface area contributed by atoms with E-state index in [0.29, 0.717) is 32.0 Å². The van der Waals surface area contributed by atoms with Crippen LogP contribution in [0.25, 0.3) is 0 Å². The van der Waals surface area contributed by atoms with Crippen LogP contribution in [0.3, 0.4) is 0 Å². The van der Waals surface area contributed by atoms with E-state index in [1.807, 2.05) is 13.8 Å². The summed E-state index contributed by atoms with van der Waals surface area (Å²) < 4.78 is 16.5. The zero-order valence-electron chi connectivity index (χ0n) is 14.7. The molecule has 2 fully saturated rings. The summed E-state index contributed by atoms with van der Waals surface area (Å²) in [4.78, 5) is 36.1. The van der Waals surface area contributed by atoms with Gasteiger partial charge in [0.15, 0.2) is 0 Å². The van der Waals surface area contributed by atoms with E-state index in [-0.39, 0.29) is 31.1 Å². The lowest BCUT2D eigenvalue weighted by molar-refractivity contribution is -0.127. The number of urea groups is 1.